The fraction of sp³-hybridized carbons (Fsp3) is 0.706. The molecule has 0 radical (unpaired) electrons. The lowest BCUT2D eigenvalue weighted by Gasteiger charge is -2.39. The van der Waals surface area contributed by atoms with Crippen molar-refractivity contribution in [1.29, 1.82) is 0 Å². The number of pyridine rings is 1. The van der Waals surface area contributed by atoms with Gasteiger partial charge in [-0.15, -0.1) is 0 Å². The van der Waals surface area contributed by atoms with Crippen LogP contribution in [0.2, 0.25) is 0 Å². The molecule has 0 aromatic carbocycles. The van der Waals surface area contributed by atoms with Crippen LogP contribution in [-0.4, -0.2) is 22.7 Å². The third-order valence-electron chi connectivity index (χ3n) is 4.90. The smallest absolute Gasteiger partial charge is 0.129 e. The van der Waals surface area contributed by atoms with Gasteiger partial charge in [0.2, 0.25) is 0 Å². The van der Waals surface area contributed by atoms with Crippen molar-refractivity contribution in [1.82, 2.24) is 4.98 Å². The van der Waals surface area contributed by atoms with Crippen molar-refractivity contribution in [2.45, 2.75) is 64.5 Å². The highest BCUT2D eigenvalue weighted by Crippen LogP contribution is 2.38. The molecule has 1 saturated heterocycles. The molecule has 1 saturated carbocycles. The van der Waals surface area contributed by atoms with Gasteiger partial charge < -0.3 is 10.0 Å². The van der Waals surface area contributed by atoms with Gasteiger partial charge in [0.15, 0.2) is 0 Å². The molecule has 1 aromatic rings. The highest BCUT2D eigenvalue weighted by atomic mass is 16.3. The maximum absolute atomic E-state index is 9.49. The van der Waals surface area contributed by atoms with Gasteiger partial charge in [-0.3, -0.25) is 0 Å². The lowest BCUT2D eigenvalue weighted by Crippen LogP contribution is -2.43. The first-order valence-electron chi connectivity index (χ1n) is 8.19. The number of piperidine rings is 1. The zero-order chi connectivity index (χ0) is 13.9. The van der Waals surface area contributed by atoms with E-state index in [-0.39, 0.29) is 6.61 Å². The fourth-order valence-corrected chi connectivity index (χ4v) is 3.99. The zero-order valence-corrected chi connectivity index (χ0v) is 12.5. The predicted molar refractivity (Wildman–Crippen MR) is 81.9 cm³/mol. The van der Waals surface area contributed by atoms with E-state index in [2.05, 4.69) is 24.0 Å². The number of aromatic nitrogens is 1. The molecule has 0 amide bonds. The topological polar surface area (TPSA) is 36.4 Å². The number of aryl methyl sites for hydroxylation is 1. The molecule has 2 heterocycles. The Kier molecular flexibility index (Phi) is 4.25. The van der Waals surface area contributed by atoms with Crippen molar-refractivity contribution in [2.75, 3.05) is 11.4 Å². The molecular weight excluding hydrogens is 248 g/mol. The molecule has 2 atom stereocenters. The molecule has 3 rings (SSSR count). The molecule has 2 fully saturated rings. The summed E-state index contributed by atoms with van der Waals surface area (Å²) in [7, 11) is 0. The lowest BCUT2D eigenvalue weighted by atomic mass is 9.92. The van der Waals surface area contributed by atoms with Gasteiger partial charge in [0.05, 0.1) is 6.61 Å². The summed E-state index contributed by atoms with van der Waals surface area (Å²) in [4.78, 5) is 7.40. The van der Waals surface area contributed by atoms with Gasteiger partial charge in [0, 0.05) is 18.3 Å². The molecule has 0 spiro atoms. The van der Waals surface area contributed by atoms with Gasteiger partial charge in [-0.1, -0.05) is 19.8 Å². The minimum atomic E-state index is 0.119. The molecule has 1 aliphatic carbocycles. The van der Waals surface area contributed by atoms with Crippen molar-refractivity contribution < 1.29 is 5.11 Å². The largest absolute Gasteiger partial charge is 0.392 e. The van der Waals surface area contributed by atoms with Crippen LogP contribution in [0, 0.1) is 5.92 Å². The summed E-state index contributed by atoms with van der Waals surface area (Å²) in [6.45, 7) is 3.43. The summed E-state index contributed by atoms with van der Waals surface area (Å²) in [5, 5.41) is 9.49. The quantitative estimate of drug-likeness (QED) is 0.915. The van der Waals surface area contributed by atoms with Crippen molar-refractivity contribution in [3.8, 4) is 0 Å². The summed E-state index contributed by atoms with van der Waals surface area (Å²) in [6.07, 6.45) is 8.86. The predicted octanol–water partition coefficient (Wildman–Crippen LogP) is 3.30. The number of hydrogen-bond acceptors (Lipinski definition) is 3. The maximum atomic E-state index is 9.49. The van der Waals surface area contributed by atoms with Gasteiger partial charge in [-0.05, 0) is 55.7 Å². The molecule has 3 nitrogen and oxygen atoms in total. The van der Waals surface area contributed by atoms with Crippen LogP contribution in [0.25, 0.3) is 0 Å². The number of aliphatic hydroxyl groups excluding tert-OH is 1. The van der Waals surface area contributed by atoms with Gasteiger partial charge in [0.25, 0.3) is 0 Å². The third kappa shape index (κ3) is 2.69. The third-order valence-corrected chi connectivity index (χ3v) is 4.90. The number of aliphatic hydroxyl groups is 1. The monoisotopic (exact) mass is 274 g/mol. The highest BCUT2D eigenvalue weighted by molar-refractivity contribution is 5.45. The van der Waals surface area contributed by atoms with Gasteiger partial charge in [0.1, 0.15) is 5.82 Å². The second kappa shape index (κ2) is 6.13. The minimum Gasteiger partial charge on any atom is -0.392 e. The number of nitrogens with zero attached hydrogens (tertiary/aromatic N) is 2. The standard InChI is InChI=1S/C17H26N2O/c1-2-5-15-10-13(12-20)11-17(18-15)19-9-4-7-14-6-3-8-16(14)19/h10-11,14,16,20H,2-9,12H2,1H3. The molecule has 1 aliphatic heterocycles. The van der Waals surface area contributed by atoms with Crippen LogP contribution in [0.1, 0.15) is 56.7 Å². The Bertz CT molecular complexity index is 460. The Morgan fingerprint density at radius 1 is 1.25 bits per heavy atom. The van der Waals surface area contributed by atoms with Crippen molar-refractivity contribution >= 4 is 5.82 Å². The van der Waals surface area contributed by atoms with Crippen LogP contribution in [-0.2, 0) is 13.0 Å². The van der Waals surface area contributed by atoms with Crippen LogP contribution in [0.5, 0.6) is 0 Å². The molecule has 0 bridgehead atoms. The summed E-state index contributed by atoms with van der Waals surface area (Å²) in [5.41, 5.74) is 2.15. The van der Waals surface area contributed by atoms with E-state index in [1.165, 1.54) is 32.1 Å². The first kappa shape index (κ1) is 13.9. The van der Waals surface area contributed by atoms with E-state index in [0.29, 0.717) is 6.04 Å². The zero-order valence-electron chi connectivity index (χ0n) is 12.5. The Balaban J connectivity index is 1.89. The summed E-state index contributed by atoms with van der Waals surface area (Å²) >= 11 is 0. The molecule has 1 aromatic heterocycles. The Labute approximate surface area is 122 Å². The van der Waals surface area contributed by atoms with Crippen molar-refractivity contribution in [3.05, 3.63) is 23.4 Å². The molecule has 20 heavy (non-hydrogen) atoms. The van der Waals surface area contributed by atoms with E-state index in [4.69, 9.17) is 4.98 Å². The molecule has 3 heteroatoms. The molecule has 1 N–H and O–H groups in total. The van der Waals surface area contributed by atoms with Crippen LogP contribution < -0.4 is 4.90 Å². The highest BCUT2D eigenvalue weighted by Gasteiger charge is 2.35. The number of rotatable bonds is 4. The van der Waals surface area contributed by atoms with Crippen LogP contribution in [0.15, 0.2) is 12.1 Å². The Morgan fingerprint density at radius 2 is 2.10 bits per heavy atom. The maximum Gasteiger partial charge on any atom is 0.129 e. The Hall–Kier alpha value is -1.09. The minimum absolute atomic E-state index is 0.119. The molecule has 2 aliphatic rings. The van der Waals surface area contributed by atoms with Crippen molar-refractivity contribution in [2.24, 2.45) is 5.92 Å². The van der Waals surface area contributed by atoms with E-state index in [1.807, 2.05) is 0 Å². The van der Waals surface area contributed by atoms with Crippen LogP contribution in [0.4, 0.5) is 5.82 Å². The van der Waals surface area contributed by atoms with Crippen LogP contribution in [0.3, 0.4) is 0 Å². The van der Waals surface area contributed by atoms with Gasteiger partial charge in [-0.25, -0.2) is 4.98 Å². The number of hydrogen-bond donors (Lipinski definition) is 1. The van der Waals surface area contributed by atoms with E-state index in [0.717, 1.165) is 42.4 Å². The second-order valence-electron chi connectivity index (χ2n) is 6.33. The molecular formula is C17H26N2O. The van der Waals surface area contributed by atoms with Crippen LogP contribution >= 0.6 is 0 Å². The average Bonchev–Trinajstić information content (AvgIpc) is 2.95. The first-order chi connectivity index (χ1) is 9.81. The van der Waals surface area contributed by atoms with E-state index < -0.39 is 0 Å². The summed E-state index contributed by atoms with van der Waals surface area (Å²) in [5.74, 6) is 1.98. The van der Waals surface area contributed by atoms with E-state index >= 15 is 0 Å². The Morgan fingerprint density at radius 3 is 2.90 bits per heavy atom. The second-order valence-corrected chi connectivity index (χ2v) is 6.33. The summed E-state index contributed by atoms with van der Waals surface area (Å²) in [6, 6.07) is 4.85. The number of fused-ring (bicyclic) bond motifs is 1. The number of anilines is 1. The first-order valence-corrected chi connectivity index (χ1v) is 8.19. The SMILES string of the molecule is CCCc1cc(CO)cc(N2CCCC3CCCC32)n1. The lowest BCUT2D eigenvalue weighted by molar-refractivity contribution is 0.281. The van der Waals surface area contributed by atoms with Crippen molar-refractivity contribution in [3.63, 3.8) is 0 Å². The van der Waals surface area contributed by atoms with Gasteiger partial charge in [-0.2, -0.15) is 0 Å². The fourth-order valence-electron chi connectivity index (χ4n) is 3.99. The van der Waals surface area contributed by atoms with E-state index in [9.17, 15) is 5.11 Å². The molecule has 110 valence electrons. The van der Waals surface area contributed by atoms with E-state index in [1.54, 1.807) is 0 Å². The summed E-state index contributed by atoms with van der Waals surface area (Å²) < 4.78 is 0. The van der Waals surface area contributed by atoms with Gasteiger partial charge >= 0.3 is 0 Å². The molecule has 2 unspecified atom stereocenters. The normalized spacial score (nSPS) is 25.8. The average molecular weight is 274 g/mol.